The minimum Gasteiger partial charge on any atom is -0.126 e. The second-order valence-corrected chi connectivity index (χ2v) is 4.82. The van der Waals surface area contributed by atoms with Crippen LogP contribution in [0.2, 0.25) is 10.0 Å². The van der Waals surface area contributed by atoms with E-state index in [0.29, 0.717) is 27.3 Å². The molecular formula is C14H8Cl2N4. The zero-order valence-corrected chi connectivity index (χ0v) is 11.7. The predicted molar refractivity (Wildman–Crippen MR) is 78.5 cm³/mol. The number of halogens is 2. The van der Waals surface area contributed by atoms with Crippen LogP contribution in [-0.2, 0) is 0 Å². The Bertz CT molecular complexity index is 710. The van der Waals surface area contributed by atoms with Gasteiger partial charge in [-0.25, -0.2) is 0 Å². The van der Waals surface area contributed by atoms with Crippen LogP contribution in [0, 0.1) is 0 Å². The van der Waals surface area contributed by atoms with Crippen molar-refractivity contribution in [3.8, 4) is 22.8 Å². The summed E-state index contributed by atoms with van der Waals surface area (Å²) >= 11 is 12.2. The quantitative estimate of drug-likeness (QED) is 0.720. The second kappa shape index (κ2) is 5.53. The van der Waals surface area contributed by atoms with E-state index in [1.165, 1.54) is 0 Å². The molecule has 3 rings (SSSR count). The van der Waals surface area contributed by atoms with Gasteiger partial charge in [0.25, 0.3) is 0 Å². The third-order valence-electron chi connectivity index (χ3n) is 2.70. The Kier molecular flexibility index (Phi) is 3.58. The Hall–Kier alpha value is -2.04. The normalized spacial score (nSPS) is 10.5. The van der Waals surface area contributed by atoms with Crippen molar-refractivity contribution in [2.24, 2.45) is 0 Å². The van der Waals surface area contributed by atoms with E-state index >= 15 is 0 Å². The van der Waals surface area contributed by atoms with E-state index in [9.17, 15) is 0 Å². The monoisotopic (exact) mass is 302 g/mol. The summed E-state index contributed by atoms with van der Waals surface area (Å²) < 4.78 is 0. The Morgan fingerprint density at radius 1 is 0.600 bits per heavy atom. The summed E-state index contributed by atoms with van der Waals surface area (Å²) in [5.41, 5.74) is 1.39. The van der Waals surface area contributed by atoms with Crippen LogP contribution in [0.3, 0.4) is 0 Å². The van der Waals surface area contributed by atoms with Crippen LogP contribution in [0.5, 0.6) is 0 Å². The number of rotatable bonds is 2. The average molecular weight is 303 g/mol. The molecule has 20 heavy (non-hydrogen) atoms. The highest BCUT2D eigenvalue weighted by Crippen LogP contribution is 2.31. The maximum atomic E-state index is 6.10. The largest absolute Gasteiger partial charge is 0.206 e. The first-order valence-electron chi connectivity index (χ1n) is 5.83. The molecule has 6 heteroatoms. The van der Waals surface area contributed by atoms with Crippen LogP contribution < -0.4 is 0 Å². The molecule has 0 N–H and O–H groups in total. The van der Waals surface area contributed by atoms with Gasteiger partial charge in [0.05, 0.1) is 15.6 Å². The molecule has 0 radical (unpaired) electrons. The summed E-state index contributed by atoms with van der Waals surface area (Å²) in [7, 11) is 0. The summed E-state index contributed by atoms with van der Waals surface area (Å²) in [6.45, 7) is 0. The molecule has 0 aliphatic rings. The van der Waals surface area contributed by atoms with Crippen LogP contribution in [0.25, 0.3) is 22.8 Å². The van der Waals surface area contributed by atoms with E-state index in [4.69, 9.17) is 23.2 Å². The zero-order valence-electron chi connectivity index (χ0n) is 10.2. The third kappa shape index (κ3) is 2.48. The number of nitrogens with zero attached hydrogens (tertiary/aromatic N) is 4. The second-order valence-electron chi connectivity index (χ2n) is 4.01. The smallest absolute Gasteiger partial charge is 0.126 e. The lowest BCUT2D eigenvalue weighted by atomic mass is 10.2. The van der Waals surface area contributed by atoms with Gasteiger partial charge in [0.2, 0.25) is 11.6 Å². The van der Waals surface area contributed by atoms with Crippen LogP contribution >= 0.6 is 23.2 Å². The van der Waals surface area contributed by atoms with Crippen molar-refractivity contribution in [3.63, 3.8) is 0 Å². The standard InChI is InChI=1S/C14H8Cl2N4/c15-10-7-4-8-11(16)12(10)14-19-17-13(18-20-14)9-5-2-1-3-6-9/h1-8H. The van der Waals surface area contributed by atoms with Crippen LogP contribution in [0.1, 0.15) is 0 Å². The molecule has 4 nitrogen and oxygen atoms in total. The molecule has 1 aromatic heterocycles. The molecule has 0 unspecified atom stereocenters. The molecular weight excluding hydrogens is 295 g/mol. The van der Waals surface area contributed by atoms with Crippen LogP contribution in [-0.4, -0.2) is 20.4 Å². The molecule has 0 saturated heterocycles. The lowest BCUT2D eigenvalue weighted by Crippen LogP contribution is -2.00. The molecule has 0 saturated carbocycles. The molecule has 1 heterocycles. The maximum absolute atomic E-state index is 6.10. The van der Waals surface area contributed by atoms with Gasteiger partial charge in [-0.3, -0.25) is 0 Å². The van der Waals surface area contributed by atoms with E-state index in [1.807, 2.05) is 30.3 Å². The fourth-order valence-electron chi connectivity index (χ4n) is 1.74. The number of benzene rings is 2. The fraction of sp³-hybridized carbons (Fsp3) is 0. The molecule has 98 valence electrons. The van der Waals surface area contributed by atoms with Crippen molar-refractivity contribution < 1.29 is 0 Å². The van der Waals surface area contributed by atoms with Crippen molar-refractivity contribution in [3.05, 3.63) is 58.6 Å². The maximum Gasteiger partial charge on any atom is 0.206 e. The summed E-state index contributed by atoms with van der Waals surface area (Å²) in [4.78, 5) is 0. The van der Waals surface area contributed by atoms with Crippen molar-refractivity contribution in [2.45, 2.75) is 0 Å². The molecule has 0 bridgehead atoms. The summed E-state index contributed by atoms with van der Waals surface area (Å²) in [6.07, 6.45) is 0. The van der Waals surface area contributed by atoms with E-state index in [1.54, 1.807) is 18.2 Å². The molecule has 0 atom stereocenters. The third-order valence-corrected chi connectivity index (χ3v) is 3.33. The summed E-state index contributed by atoms with van der Waals surface area (Å²) in [5, 5.41) is 17.2. The van der Waals surface area contributed by atoms with Gasteiger partial charge in [-0.05, 0) is 12.1 Å². The number of aromatic nitrogens is 4. The number of hydrogen-bond acceptors (Lipinski definition) is 4. The van der Waals surface area contributed by atoms with Gasteiger partial charge >= 0.3 is 0 Å². The molecule has 3 aromatic rings. The molecule has 0 fully saturated rings. The molecule has 0 amide bonds. The van der Waals surface area contributed by atoms with Gasteiger partial charge in [-0.15, -0.1) is 20.4 Å². The molecule has 2 aromatic carbocycles. The molecule has 0 aliphatic heterocycles. The van der Waals surface area contributed by atoms with E-state index < -0.39 is 0 Å². The van der Waals surface area contributed by atoms with Gasteiger partial charge < -0.3 is 0 Å². The van der Waals surface area contributed by atoms with Gasteiger partial charge in [0.1, 0.15) is 0 Å². The summed E-state index contributed by atoms with van der Waals surface area (Å²) in [5.74, 6) is 0.762. The van der Waals surface area contributed by atoms with E-state index in [0.717, 1.165) is 5.56 Å². The Morgan fingerprint density at radius 2 is 1.15 bits per heavy atom. The lowest BCUT2D eigenvalue weighted by Gasteiger charge is -2.04. The first-order chi connectivity index (χ1) is 9.75. The Labute approximate surface area is 125 Å². The summed E-state index contributed by atoms with van der Waals surface area (Å²) in [6, 6.07) is 14.7. The zero-order chi connectivity index (χ0) is 13.9. The molecule has 0 aliphatic carbocycles. The van der Waals surface area contributed by atoms with Crippen LogP contribution in [0.15, 0.2) is 48.5 Å². The van der Waals surface area contributed by atoms with E-state index in [2.05, 4.69) is 20.4 Å². The Morgan fingerprint density at radius 3 is 1.75 bits per heavy atom. The first-order valence-corrected chi connectivity index (χ1v) is 6.58. The van der Waals surface area contributed by atoms with Gasteiger partial charge in [-0.2, -0.15) is 0 Å². The van der Waals surface area contributed by atoms with Gasteiger partial charge in [0.15, 0.2) is 0 Å². The minimum absolute atomic E-state index is 0.306. The highest BCUT2D eigenvalue weighted by Gasteiger charge is 2.13. The number of hydrogen-bond donors (Lipinski definition) is 0. The lowest BCUT2D eigenvalue weighted by molar-refractivity contribution is 0.876. The van der Waals surface area contributed by atoms with Crippen molar-refractivity contribution >= 4 is 23.2 Å². The SMILES string of the molecule is Clc1cccc(Cl)c1-c1nnc(-c2ccccc2)nn1. The Balaban J connectivity index is 2.02. The average Bonchev–Trinajstić information content (AvgIpc) is 2.49. The fourth-order valence-corrected chi connectivity index (χ4v) is 2.31. The van der Waals surface area contributed by atoms with Gasteiger partial charge in [0, 0.05) is 5.56 Å². The van der Waals surface area contributed by atoms with E-state index in [-0.39, 0.29) is 0 Å². The van der Waals surface area contributed by atoms with Crippen LogP contribution in [0.4, 0.5) is 0 Å². The minimum atomic E-state index is 0.306. The van der Waals surface area contributed by atoms with Gasteiger partial charge in [-0.1, -0.05) is 59.6 Å². The topological polar surface area (TPSA) is 51.6 Å². The predicted octanol–water partition coefficient (Wildman–Crippen LogP) is 3.91. The molecule has 0 spiro atoms. The first kappa shape index (κ1) is 13.0. The van der Waals surface area contributed by atoms with Crippen molar-refractivity contribution in [1.82, 2.24) is 20.4 Å². The van der Waals surface area contributed by atoms with Crippen molar-refractivity contribution in [1.29, 1.82) is 0 Å². The van der Waals surface area contributed by atoms with Crippen molar-refractivity contribution in [2.75, 3.05) is 0 Å². The highest BCUT2D eigenvalue weighted by molar-refractivity contribution is 6.38. The highest BCUT2D eigenvalue weighted by atomic mass is 35.5.